The van der Waals surface area contributed by atoms with Crippen molar-refractivity contribution in [3.8, 4) is 11.5 Å². The van der Waals surface area contributed by atoms with E-state index in [0.717, 1.165) is 23.1 Å². The number of aryl methyl sites for hydroxylation is 1. The van der Waals surface area contributed by atoms with Crippen LogP contribution >= 0.6 is 11.6 Å². The zero-order chi connectivity index (χ0) is 13.9. The first-order valence-corrected chi connectivity index (χ1v) is 7.35. The largest absolute Gasteiger partial charge is 0.457 e. The first-order chi connectivity index (χ1) is 9.70. The van der Waals surface area contributed by atoms with Gasteiger partial charge in [-0.05, 0) is 50.1 Å². The molecule has 0 saturated heterocycles. The van der Waals surface area contributed by atoms with E-state index in [0.29, 0.717) is 6.04 Å². The minimum atomic E-state index is 0.693. The van der Waals surface area contributed by atoms with E-state index in [2.05, 4.69) is 24.4 Å². The summed E-state index contributed by atoms with van der Waals surface area (Å²) in [6.07, 6.45) is 2.58. The molecule has 1 saturated carbocycles. The van der Waals surface area contributed by atoms with Crippen molar-refractivity contribution in [2.24, 2.45) is 0 Å². The van der Waals surface area contributed by atoms with Gasteiger partial charge in [0.05, 0.1) is 0 Å². The molecule has 1 aliphatic carbocycles. The van der Waals surface area contributed by atoms with Gasteiger partial charge in [0.1, 0.15) is 11.5 Å². The van der Waals surface area contributed by atoms with E-state index in [1.54, 1.807) is 0 Å². The van der Waals surface area contributed by atoms with E-state index in [-0.39, 0.29) is 0 Å². The van der Waals surface area contributed by atoms with Crippen molar-refractivity contribution < 1.29 is 4.74 Å². The van der Waals surface area contributed by atoms with Crippen LogP contribution in [0.1, 0.15) is 24.0 Å². The Balaban J connectivity index is 1.77. The third-order valence-electron chi connectivity index (χ3n) is 3.42. The Kier molecular flexibility index (Phi) is 3.95. The second kappa shape index (κ2) is 5.86. The van der Waals surface area contributed by atoms with E-state index >= 15 is 0 Å². The average molecular weight is 288 g/mol. The van der Waals surface area contributed by atoms with E-state index in [4.69, 9.17) is 16.3 Å². The lowest BCUT2D eigenvalue weighted by Gasteiger charge is -2.13. The monoisotopic (exact) mass is 287 g/mol. The molecule has 0 amide bonds. The van der Waals surface area contributed by atoms with Crippen molar-refractivity contribution in [1.29, 1.82) is 0 Å². The molecule has 1 N–H and O–H groups in total. The van der Waals surface area contributed by atoms with Crippen LogP contribution in [-0.2, 0) is 6.54 Å². The molecule has 20 heavy (non-hydrogen) atoms. The summed E-state index contributed by atoms with van der Waals surface area (Å²) in [5.74, 6) is 1.72. The standard InChI is InChI=1S/C17H18ClNO/c1-12-2-9-17(13(10-12)11-19-15-5-6-15)20-16-7-3-14(18)4-8-16/h2-4,7-10,15,19H,5-6,11H2,1H3. The molecule has 2 aromatic rings. The second-order valence-corrected chi connectivity index (χ2v) is 5.76. The van der Waals surface area contributed by atoms with Gasteiger partial charge < -0.3 is 10.1 Å². The first kappa shape index (κ1) is 13.5. The second-order valence-electron chi connectivity index (χ2n) is 5.32. The molecule has 3 rings (SSSR count). The lowest BCUT2D eigenvalue weighted by Crippen LogP contribution is -2.15. The van der Waals surface area contributed by atoms with Crippen molar-refractivity contribution in [2.45, 2.75) is 32.4 Å². The van der Waals surface area contributed by atoms with Gasteiger partial charge >= 0.3 is 0 Å². The van der Waals surface area contributed by atoms with Crippen molar-refractivity contribution in [3.63, 3.8) is 0 Å². The van der Waals surface area contributed by atoms with Crippen LogP contribution in [0.5, 0.6) is 11.5 Å². The van der Waals surface area contributed by atoms with Crippen LogP contribution in [0.3, 0.4) is 0 Å². The number of nitrogens with one attached hydrogen (secondary N) is 1. The summed E-state index contributed by atoms with van der Waals surface area (Å²) in [6.45, 7) is 2.96. The van der Waals surface area contributed by atoms with Gasteiger partial charge in [-0.25, -0.2) is 0 Å². The Bertz CT molecular complexity index is 590. The quantitative estimate of drug-likeness (QED) is 0.861. The summed E-state index contributed by atoms with van der Waals surface area (Å²) in [7, 11) is 0. The van der Waals surface area contributed by atoms with Crippen molar-refractivity contribution >= 4 is 11.6 Å². The number of hydrogen-bond donors (Lipinski definition) is 1. The minimum absolute atomic E-state index is 0.693. The Morgan fingerprint density at radius 2 is 1.90 bits per heavy atom. The minimum Gasteiger partial charge on any atom is -0.457 e. The summed E-state index contributed by atoms with van der Waals surface area (Å²) >= 11 is 5.89. The highest BCUT2D eigenvalue weighted by molar-refractivity contribution is 6.30. The van der Waals surface area contributed by atoms with Gasteiger partial charge in [0.25, 0.3) is 0 Å². The molecule has 1 aliphatic rings. The van der Waals surface area contributed by atoms with Crippen LogP contribution in [0, 0.1) is 6.92 Å². The van der Waals surface area contributed by atoms with E-state index < -0.39 is 0 Å². The molecule has 0 spiro atoms. The zero-order valence-corrected chi connectivity index (χ0v) is 12.3. The van der Waals surface area contributed by atoms with Crippen LogP contribution in [-0.4, -0.2) is 6.04 Å². The van der Waals surface area contributed by atoms with Gasteiger partial charge in [-0.2, -0.15) is 0 Å². The fourth-order valence-corrected chi connectivity index (χ4v) is 2.24. The van der Waals surface area contributed by atoms with Gasteiger partial charge in [-0.3, -0.25) is 0 Å². The third-order valence-corrected chi connectivity index (χ3v) is 3.67. The molecule has 0 unspecified atom stereocenters. The highest BCUT2D eigenvalue weighted by atomic mass is 35.5. The molecule has 0 radical (unpaired) electrons. The van der Waals surface area contributed by atoms with Gasteiger partial charge in [-0.1, -0.05) is 29.3 Å². The van der Waals surface area contributed by atoms with Crippen molar-refractivity contribution in [3.05, 3.63) is 58.6 Å². The fraction of sp³-hybridized carbons (Fsp3) is 0.294. The zero-order valence-electron chi connectivity index (χ0n) is 11.5. The molecule has 0 atom stereocenters. The summed E-state index contributed by atoms with van der Waals surface area (Å²) in [5, 5.41) is 4.25. The maximum atomic E-state index is 5.97. The molecular formula is C17H18ClNO. The van der Waals surface area contributed by atoms with Crippen LogP contribution in [0.25, 0.3) is 0 Å². The Hall–Kier alpha value is -1.51. The number of halogens is 1. The molecular weight excluding hydrogens is 270 g/mol. The van der Waals surface area contributed by atoms with E-state index in [1.165, 1.54) is 24.0 Å². The van der Waals surface area contributed by atoms with Gasteiger partial charge in [0, 0.05) is 23.2 Å². The normalized spacial score (nSPS) is 14.3. The Labute approximate surface area is 124 Å². The molecule has 0 aromatic heterocycles. The SMILES string of the molecule is Cc1ccc(Oc2ccc(Cl)cc2)c(CNC2CC2)c1. The molecule has 2 nitrogen and oxygen atoms in total. The van der Waals surface area contributed by atoms with Crippen LogP contribution in [0.4, 0.5) is 0 Å². The molecule has 0 heterocycles. The van der Waals surface area contributed by atoms with Crippen molar-refractivity contribution in [1.82, 2.24) is 5.32 Å². The molecule has 0 aliphatic heterocycles. The summed E-state index contributed by atoms with van der Waals surface area (Å²) < 4.78 is 5.97. The van der Waals surface area contributed by atoms with Crippen LogP contribution in [0.15, 0.2) is 42.5 Å². The smallest absolute Gasteiger partial charge is 0.131 e. The molecule has 0 bridgehead atoms. The lowest BCUT2D eigenvalue weighted by atomic mass is 10.1. The first-order valence-electron chi connectivity index (χ1n) is 6.97. The number of hydrogen-bond acceptors (Lipinski definition) is 2. The molecule has 3 heteroatoms. The fourth-order valence-electron chi connectivity index (χ4n) is 2.12. The van der Waals surface area contributed by atoms with Gasteiger partial charge in [0.15, 0.2) is 0 Å². The number of benzene rings is 2. The maximum Gasteiger partial charge on any atom is 0.131 e. The Morgan fingerprint density at radius 3 is 2.60 bits per heavy atom. The highest BCUT2D eigenvalue weighted by Crippen LogP contribution is 2.28. The topological polar surface area (TPSA) is 21.3 Å². The number of ether oxygens (including phenoxy) is 1. The predicted octanol–water partition coefficient (Wildman–Crippen LogP) is 4.69. The number of rotatable bonds is 5. The molecule has 2 aromatic carbocycles. The van der Waals surface area contributed by atoms with E-state index in [1.807, 2.05) is 30.3 Å². The summed E-state index contributed by atoms with van der Waals surface area (Å²) in [4.78, 5) is 0. The van der Waals surface area contributed by atoms with Crippen molar-refractivity contribution in [2.75, 3.05) is 0 Å². The summed E-state index contributed by atoms with van der Waals surface area (Å²) in [5.41, 5.74) is 2.45. The lowest BCUT2D eigenvalue weighted by molar-refractivity contribution is 0.472. The molecule has 1 fully saturated rings. The van der Waals surface area contributed by atoms with Gasteiger partial charge in [0.2, 0.25) is 0 Å². The summed E-state index contributed by atoms with van der Waals surface area (Å²) in [6, 6.07) is 14.4. The van der Waals surface area contributed by atoms with Gasteiger partial charge in [-0.15, -0.1) is 0 Å². The van der Waals surface area contributed by atoms with E-state index in [9.17, 15) is 0 Å². The molecule has 104 valence electrons. The predicted molar refractivity (Wildman–Crippen MR) is 82.6 cm³/mol. The van der Waals surface area contributed by atoms with Crippen LogP contribution < -0.4 is 10.1 Å². The Morgan fingerprint density at radius 1 is 1.15 bits per heavy atom. The van der Waals surface area contributed by atoms with Crippen LogP contribution in [0.2, 0.25) is 5.02 Å². The average Bonchev–Trinajstić information content (AvgIpc) is 3.25. The maximum absolute atomic E-state index is 5.97. The highest BCUT2D eigenvalue weighted by Gasteiger charge is 2.20. The third kappa shape index (κ3) is 3.53.